The average Bonchev–Trinajstić information content (AvgIpc) is 2.43. The van der Waals surface area contributed by atoms with Crippen molar-refractivity contribution in [3.8, 4) is 5.75 Å². The van der Waals surface area contributed by atoms with Crippen molar-refractivity contribution in [2.45, 2.75) is 19.9 Å². The molecular formula is C13H19N3O4. The minimum absolute atomic E-state index is 0.0986. The molecule has 0 bridgehead atoms. The number of carbonyl (C=O) groups excluding carboxylic acids is 1. The second-order valence-electron chi connectivity index (χ2n) is 4.23. The molecule has 0 aromatic heterocycles. The van der Waals surface area contributed by atoms with Gasteiger partial charge in [0.25, 0.3) is 5.91 Å². The fourth-order valence-corrected chi connectivity index (χ4v) is 1.60. The molecule has 0 saturated heterocycles. The van der Waals surface area contributed by atoms with E-state index in [9.17, 15) is 14.9 Å². The topological polar surface area (TPSA) is 93.5 Å². The second-order valence-corrected chi connectivity index (χ2v) is 4.23. The van der Waals surface area contributed by atoms with Crippen molar-refractivity contribution in [3.05, 3.63) is 33.9 Å². The lowest BCUT2D eigenvalue weighted by molar-refractivity contribution is -0.385. The van der Waals surface area contributed by atoms with E-state index in [2.05, 4.69) is 10.6 Å². The summed E-state index contributed by atoms with van der Waals surface area (Å²) >= 11 is 0. The summed E-state index contributed by atoms with van der Waals surface area (Å²) in [6.07, 6.45) is 0.824. The molecule has 2 N–H and O–H groups in total. The number of carbonyl (C=O) groups is 1. The molecule has 20 heavy (non-hydrogen) atoms. The first-order chi connectivity index (χ1) is 9.58. The Bertz CT molecular complexity index is 477. The Hall–Kier alpha value is -2.15. The SMILES string of the molecule is CCCNC(=O)COc1ccc(CNC)cc1[N+](=O)[O-]. The Balaban J connectivity index is 2.73. The summed E-state index contributed by atoms with van der Waals surface area (Å²) in [5.74, 6) is -0.193. The van der Waals surface area contributed by atoms with Gasteiger partial charge in [-0.1, -0.05) is 13.0 Å². The molecule has 0 unspecified atom stereocenters. The van der Waals surface area contributed by atoms with Gasteiger partial charge in [0.15, 0.2) is 12.4 Å². The van der Waals surface area contributed by atoms with Crippen LogP contribution >= 0.6 is 0 Å². The predicted molar refractivity (Wildman–Crippen MR) is 74.7 cm³/mol. The highest BCUT2D eigenvalue weighted by Gasteiger charge is 2.16. The van der Waals surface area contributed by atoms with E-state index in [4.69, 9.17) is 4.74 Å². The number of nitrogens with one attached hydrogen (secondary N) is 2. The van der Waals surface area contributed by atoms with Crippen LogP contribution in [-0.4, -0.2) is 31.0 Å². The van der Waals surface area contributed by atoms with E-state index < -0.39 is 4.92 Å². The Morgan fingerprint density at radius 2 is 2.20 bits per heavy atom. The van der Waals surface area contributed by atoms with E-state index in [1.807, 2.05) is 6.92 Å². The maximum atomic E-state index is 11.4. The minimum Gasteiger partial charge on any atom is -0.477 e. The number of amides is 1. The standard InChI is InChI=1S/C13H19N3O4/c1-3-6-15-13(17)9-20-12-5-4-10(8-14-2)7-11(12)16(18)19/h4-5,7,14H,3,6,8-9H2,1-2H3,(H,15,17). The zero-order chi connectivity index (χ0) is 15.0. The summed E-state index contributed by atoms with van der Waals surface area (Å²) in [7, 11) is 1.76. The maximum Gasteiger partial charge on any atom is 0.311 e. The van der Waals surface area contributed by atoms with Crippen LogP contribution in [0.2, 0.25) is 0 Å². The molecule has 7 heteroatoms. The van der Waals surface area contributed by atoms with Crippen LogP contribution in [0.1, 0.15) is 18.9 Å². The Morgan fingerprint density at radius 1 is 1.45 bits per heavy atom. The first-order valence-electron chi connectivity index (χ1n) is 6.40. The maximum absolute atomic E-state index is 11.4. The third-order valence-corrected chi connectivity index (χ3v) is 2.53. The Labute approximate surface area is 117 Å². The first-order valence-corrected chi connectivity index (χ1v) is 6.40. The van der Waals surface area contributed by atoms with Gasteiger partial charge in [-0.15, -0.1) is 0 Å². The van der Waals surface area contributed by atoms with E-state index in [1.54, 1.807) is 13.1 Å². The number of nitro groups is 1. The molecule has 110 valence electrons. The first kappa shape index (κ1) is 15.9. The predicted octanol–water partition coefficient (Wildman–Crippen LogP) is 1.22. The fourth-order valence-electron chi connectivity index (χ4n) is 1.60. The average molecular weight is 281 g/mol. The Morgan fingerprint density at radius 3 is 2.80 bits per heavy atom. The summed E-state index contributed by atoms with van der Waals surface area (Å²) < 4.78 is 5.22. The van der Waals surface area contributed by atoms with Crippen LogP contribution in [0.3, 0.4) is 0 Å². The van der Waals surface area contributed by atoms with Crippen LogP contribution < -0.4 is 15.4 Å². The van der Waals surface area contributed by atoms with Gasteiger partial charge >= 0.3 is 5.69 Å². The van der Waals surface area contributed by atoms with Crippen molar-refractivity contribution in [2.24, 2.45) is 0 Å². The highest BCUT2D eigenvalue weighted by atomic mass is 16.6. The van der Waals surface area contributed by atoms with Gasteiger partial charge in [-0.05, 0) is 25.1 Å². The van der Waals surface area contributed by atoms with Gasteiger partial charge in [0.1, 0.15) is 0 Å². The zero-order valence-corrected chi connectivity index (χ0v) is 11.6. The molecule has 0 aliphatic rings. The summed E-state index contributed by atoms with van der Waals surface area (Å²) in [6.45, 7) is 2.79. The zero-order valence-electron chi connectivity index (χ0n) is 11.6. The molecule has 0 aliphatic carbocycles. The number of rotatable bonds is 8. The van der Waals surface area contributed by atoms with Gasteiger partial charge in [0, 0.05) is 19.2 Å². The molecule has 0 heterocycles. The van der Waals surface area contributed by atoms with Gasteiger partial charge in [0.05, 0.1) is 4.92 Å². The van der Waals surface area contributed by atoms with Gasteiger partial charge in [-0.3, -0.25) is 14.9 Å². The summed E-state index contributed by atoms with van der Waals surface area (Å²) in [5, 5.41) is 16.6. The number of nitro benzene ring substituents is 1. The quantitative estimate of drug-likeness (QED) is 0.552. The Kier molecular flexibility index (Phi) is 6.45. The van der Waals surface area contributed by atoms with Gasteiger partial charge in [0.2, 0.25) is 0 Å². The molecule has 0 radical (unpaired) electrons. The van der Waals surface area contributed by atoms with E-state index in [0.29, 0.717) is 13.1 Å². The lowest BCUT2D eigenvalue weighted by Crippen LogP contribution is -2.29. The van der Waals surface area contributed by atoms with Gasteiger partial charge < -0.3 is 15.4 Å². The largest absolute Gasteiger partial charge is 0.477 e. The van der Waals surface area contributed by atoms with Crippen LogP contribution in [0.15, 0.2) is 18.2 Å². The molecule has 1 aromatic rings. The number of hydrogen-bond donors (Lipinski definition) is 2. The van der Waals surface area contributed by atoms with E-state index in [1.165, 1.54) is 12.1 Å². The highest BCUT2D eigenvalue weighted by Crippen LogP contribution is 2.27. The molecule has 1 amide bonds. The van der Waals surface area contributed by atoms with Crippen LogP contribution in [0, 0.1) is 10.1 Å². The van der Waals surface area contributed by atoms with Crippen molar-refractivity contribution in [1.29, 1.82) is 0 Å². The van der Waals surface area contributed by atoms with Crippen molar-refractivity contribution in [1.82, 2.24) is 10.6 Å². The summed E-state index contributed by atoms with van der Waals surface area (Å²) in [4.78, 5) is 21.9. The fraction of sp³-hybridized carbons (Fsp3) is 0.462. The lowest BCUT2D eigenvalue weighted by Gasteiger charge is -2.08. The second kappa shape index (κ2) is 8.11. The van der Waals surface area contributed by atoms with Crippen LogP contribution in [0.5, 0.6) is 5.75 Å². The highest BCUT2D eigenvalue weighted by molar-refractivity contribution is 5.77. The van der Waals surface area contributed by atoms with Crippen molar-refractivity contribution in [3.63, 3.8) is 0 Å². The molecule has 1 aromatic carbocycles. The van der Waals surface area contributed by atoms with Gasteiger partial charge in [-0.2, -0.15) is 0 Å². The molecule has 0 saturated carbocycles. The molecule has 0 fully saturated rings. The van der Waals surface area contributed by atoms with Crippen molar-refractivity contribution >= 4 is 11.6 Å². The molecule has 0 aliphatic heterocycles. The summed E-state index contributed by atoms with van der Waals surface area (Å²) in [5.41, 5.74) is 0.642. The van der Waals surface area contributed by atoms with E-state index in [-0.39, 0.29) is 24.0 Å². The van der Waals surface area contributed by atoms with Gasteiger partial charge in [-0.25, -0.2) is 0 Å². The van der Waals surface area contributed by atoms with Crippen LogP contribution in [-0.2, 0) is 11.3 Å². The normalized spacial score (nSPS) is 10.1. The number of benzene rings is 1. The monoisotopic (exact) mass is 281 g/mol. The van der Waals surface area contributed by atoms with E-state index in [0.717, 1.165) is 12.0 Å². The number of hydrogen-bond acceptors (Lipinski definition) is 5. The third-order valence-electron chi connectivity index (χ3n) is 2.53. The number of nitrogens with zero attached hydrogens (tertiary/aromatic N) is 1. The third kappa shape index (κ3) is 4.85. The molecule has 0 spiro atoms. The lowest BCUT2D eigenvalue weighted by atomic mass is 10.2. The van der Waals surface area contributed by atoms with Crippen LogP contribution in [0.25, 0.3) is 0 Å². The minimum atomic E-state index is -0.515. The number of ether oxygens (including phenoxy) is 1. The molecule has 0 atom stereocenters. The summed E-state index contributed by atoms with van der Waals surface area (Å²) in [6, 6.07) is 4.68. The van der Waals surface area contributed by atoms with E-state index >= 15 is 0 Å². The molecular weight excluding hydrogens is 262 g/mol. The smallest absolute Gasteiger partial charge is 0.311 e. The van der Waals surface area contributed by atoms with Crippen molar-refractivity contribution in [2.75, 3.05) is 20.2 Å². The molecule has 1 rings (SSSR count). The van der Waals surface area contributed by atoms with Crippen LogP contribution in [0.4, 0.5) is 5.69 Å². The van der Waals surface area contributed by atoms with Crippen molar-refractivity contribution < 1.29 is 14.5 Å². The molecule has 7 nitrogen and oxygen atoms in total.